The molecule has 1 aliphatic rings. The van der Waals surface area contributed by atoms with Crippen molar-refractivity contribution < 1.29 is 9.53 Å². The topological polar surface area (TPSA) is 64.3 Å². The highest BCUT2D eigenvalue weighted by Crippen LogP contribution is 2.30. The van der Waals surface area contributed by atoms with Gasteiger partial charge in [-0.05, 0) is 18.1 Å². The van der Waals surface area contributed by atoms with Gasteiger partial charge in [-0.1, -0.05) is 12.1 Å². The second-order valence-corrected chi connectivity index (χ2v) is 3.63. The molecule has 0 bridgehead atoms. The third kappa shape index (κ3) is 1.86. The minimum atomic E-state index is -0.457. The Kier molecular flexibility index (Phi) is 2.81. The molecule has 4 nitrogen and oxygen atoms in total. The summed E-state index contributed by atoms with van der Waals surface area (Å²) in [5, 5.41) is 3.16. The largest absolute Gasteiger partial charge is 0.496 e. The summed E-state index contributed by atoms with van der Waals surface area (Å²) in [6, 6.07) is 5.86. The van der Waals surface area contributed by atoms with E-state index in [1.54, 1.807) is 7.11 Å². The lowest BCUT2D eigenvalue weighted by Gasteiger charge is -2.22. The predicted octanol–water partition coefficient (Wildman–Crippen LogP) is 0.667. The molecule has 1 aromatic rings. The summed E-state index contributed by atoms with van der Waals surface area (Å²) in [6.45, 7) is 0.805. The molecule has 0 spiro atoms. The monoisotopic (exact) mass is 218 g/mol. The number of benzene rings is 1. The van der Waals surface area contributed by atoms with Gasteiger partial charge >= 0.3 is 0 Å². The smallest absolute Gasteiger partial charge is 0.243 e. The van der Waals surface area contributed by atoms with E-state index >= 15 is 0 Å². The van der Waals surface area contributed by atoms with Crippen LogP contribution < -0.4 is 15.8 Å². The number of hydrogen-bond donors (Lipinski definition) is 2. The number of rotatable bonds is 2. The van der Waals surface area contributed by atoms with Crippen molar-refractivity contribution in [1.82, 2.24) is 5.32 Å². The Labute approximate surface area is 94.1 Å². The van der Waals surface area contributed by atoms with Crippen LogP contribution in [-0.4, -0.2) is 19.6 Å². The van der Waals surface area contributed by atoms with Crippen molar-refractivity contribution in [2.75, 3.05) is 13.7 Å². The Morgan fingerprint density at radius 1 is 1.56 bits per heavy atom. The number of methoxy groups -OCH3 is 1. The van der Waals surface area contributed by atoms with E-state index in [1.165, 1.54) is 11.6 Å². The third-order valence-electron chi connectivity index (χ3n) is 2.60. The summed E-state index contributed by atoms with van der Waals surface area (Å²) in [5.74, 6) is 0.304. The summed E-state index contributed by atoms with van der Waals surface area (Å²) in [5.41, 5.74) is 8.03. The van der Waals surface area contributed by atoms with Crippen LogP contribution in [0.5, 0.6) is 5.75 Å². The van der Waals surface area contributed by atoms with Crippen molar-refractivity contribution in [3.05, 3.63) is 35.4 Å². The van der Waals surface area contributed by atoms with Gasteiger partial charge in [0, 0.05) is 18.2 Å². The average molecular weight is 218 g/mol. The van der Waals surface area contributed by atoms with E-state index in [2.05, 4.69) is 5.32 Å². The molecule has 4 heteroatoms. The maximum atomic E-state index is 10.9. The van der Waals surface area contributed by atoms with Crippen LogP contribution >= 0.6 is 0 Å². The number of amides is 1. The molecule has 2 rings (SSSR count). The molecule has 0 aliphatic carbocycles. The number of carbonyl (C=O) groups excluding carboxylic acids is 1. The second-order valence-electron chi connectivity index (χ2n) is 3.63. The number of primary amides is 1. The molecule has 3 N–H and O–H groups in total. The first kappa shape index (κ1) is 10.5. The Hall–Kier alpha value is -1.97. The number of carbonyl (C=O) groups is 1. The van der Waals surface area contributed by atoms with Crippen molar-refractivity contribution in [1.29, 1.82) is 0 Å². The first-order chi connectivity index (χ1) is 7.72. The van der Waals surface area contributed by atoms with Gasteiger partial charge in [-0.25, -0.2) is 0 Å². The molecular formula is C12H14N2O2. The van der Waals surface area contributed by atoms with E-state index in [1.807, 2.05) is 18.2 Å². The summed E-state index contributed by atoms with van der Waals surface area (Å²) in [6.07, 6.45) is 2.32. The van der Waals surface area contributed by atoms with Crippen LogP contribution in [-0.2, 0) is 11.2 Å². The number of hydrogen-bond acceptors (Lipinski definition) is 3. The van der Waals surface area contributed by atoms with E-state index in [-0.39, 0.29) is 0 Å². The lowest BCUT2D eigenvalue weighted by Crippen LogP contribution is -2.24. The highest BCUT2D eigenvalue weighted by Gasteiger charge is 2.18. The zero-order chi connectivity index (χ0) is 11.5. The quantitative estimate of drug-likeness (QED) is 0.717. The second kappa shape index (κ2) is 4.26. The fourth-order valence-corrected chi connectivity index (χ4v) is 1.95. The molecule has 0 unspecified atom stereocenters. The minimum Gasteiger partial charge on any atom is -0.496 e. The van der Waals surface area contributed by atoms with Crippen LogP contribution in [0.4, 0.5) is 0 Å². The molecule has 0 atom stereocenters. The van der Waals surface area contributed by atoms with Gasteiger partial charge in [0.15, 0.2) is 0 Å². The van der Waals surface area contributed by atoms with Crippen LogP contribution in [0.2, 0.25) is 0 Å². The van der Waals surface area contributed by atoms with Gasteiger partial charge in [0.1, 0.15) is 5.75 Å². The number of ether oxygens (including phenoxy) is 1. The van der Waals surface area contributed by atoms with Gasteiger partial charge < -0.3 is 15.8 Å². The molecule has 0 radical (unpaired) electrons. The van der Waals surface area contributed by atoms with Crippen LogP contribution in [0.25, 0.3) is 5.70 Å². The number of fused-ring (bicyclic) bond motifs is 1. The average Bonchev–Trinajstić information content (AvgIpc) is 2.28. The zero-order valence-corrected chi connectivity index (χ0v) is 9.12. The minimum absolute atomic E-state index is 0.457. The predicted molar refractivity (Wildman–Crippen MR) is 61.9 cm³/mol. The van der Waals surface area contributed by atoms with Crippen molar-refractivity contribution in [2.24, 2.45) is 5.73 Å². The highest BCUT2D eigenvalue weighted by molar-refractivity contribution is 5.95. The van der Waals surface area contributed by atoms with E-state index in [9.17, 15) is 4.79 Å². The van der Waals surface area contributed by atoms with Gasteiger partial charge in [0.25, 0.3) is 0 Å². The lowest BCUT2D eigenvalue weighted by molar-refractivity contribution is -0.113. The molecule has 0 fully saturated rings. The SMILES string of the molecule is COc1cccc2c1C(=CC(N)=O)NCC2. The van der Waals surface area contributed by atoms with Crippen molar-refractivity contribution in [3.8, 4) is 5.75 Å². The van der Waals surface area contributed by atoms with Crippen LogP contribution in [0, 0.1) is 0 Å². The van der Waals surface area contributed by atoms with Crippen molar-refractivity contribution in [2.45, 2.75) is 6.42 Å². The lowest BCUT2D eigenvalue weighted by atomic mass is 9.96. The molecule has 1 amide bonds. The standard InChI is InChI=1S/C12H14N2O2/c1-16-10-4-2-3-8-5-6-14-9(12(8)10)7-11(13)15/h2-4,7,14H,5-6H2,1H3,(H2,13,15). The summed E-state index contributed by atoms with van der Waals surface area (Å²) in [4.78, 5) is 10.9. The van der Waals surface area contributed by atoms with Crippen molar-refractivity contribution >= 4 is 11.6 Å². The van der Waals surface area contributed by atoms with E-state index in [0.29, 0.717) is 0 Å². The van der Waals surface area contributed by atoms with Crippen LogP contribution in [0.1, 0.15) is 11.1 Å². The summed E-state index contributed by atoms with van der Waals surface area (Å²) < 4.78 is 5.29. The highest BCUT2D eigenvalue weighted by atomic mass is 16.5. The van der Waals surface area contributed by atoms with Gasteiger partial charge in [0.2, 0.25) is 5.91 Å². The van der Waals surface area contributed by atoms with Crippen LogP contribution in [0.3, 0.4) is 0 Å². The maximum absolute atomic E-state index is 10.9. The summed E-state index contributed by atoms with van der Waals surface area (Å²) >= 11 is 0. The van der Waals surface area contributed by atoms with Gasteiger partial charge in [0.05, 0.1) is 12.8 Å². The van der Waals surface area contributed by atoms with Crippen molar-refractivity contribution in [3.63, 3.8) is 0 Å². The zero-order valence-electron chi connectivity index (χ0n) is 9.12. The molecule has 0 aromatic heterocycles. The fraction of sp³-hybridized carbons (Fsp3) is 0.250. The fourth-order valence-electron chi connectivity index (χ4n) is 1.95. The van der Waals surface area contributed by atoms with Gasteiger partial charge in [-0.3, -0.25) is 4.79 Å². The molecule has 16 heavy (non-hydrogen) atoms. The molecule has 1 aliphatic heterocycles. The van der Waals surface area contributed by atoms with Crippen LogP contribution in [0.15, 0.2) is 24.3 Å². The molecule has 1 heterocycles. The van der Waals surface area contributed by atoms with E-state index in [0.717, 1.165) is 30.0 Å². The van der Waals surface area contributed by atoms with E-state index < -0.39 is 5.91 Å². The molecule has 0 saturated carbocycles. The Balaban J connectivity index is 2.55. The summed E-state index contributed by atoms with van der Waals surface area (Å²) in [7, 11) is 1.62. The Morgan fingerprint density at radius 3 is 3.06 bits per heavy atom. The molecule has 84 valence electrons. The Morgan fingerprint density at radius 2 is 2.38 bits per heavy atom. The Bertz CT molecular complexity index is 438. The molecule has 1 aromatic carbocycles. The third-order valence-corrected chi connectivity index (χ3v) is 2.60. The maximum Gasteiger partial charge on any atom is 0.243 e. The number of nitrogens with one attached hydrogen (secondary N) is 1. The molecule has 0 saturated heterocycles. The normalized spacial score (nSPS) is 16.4. The first-order valence-electron chi connectivity index (χ1n) is 5.13. The van der Waals surface area contributed by atoms with Gasteiger partial charge in [-0.15, -0.1) is 0 Å². The first-order valence-corrected chi connectivity index (χ1v) is 5.13. The number of nitrogens with two attached hydrogens (primary N) is 1. The van der Waals surface area contributed by atoms with E-state index in [4.69, 9.17) is 10.5 Å². The molecular weight excluding hydrogens is 204 g/mol. The van der Waals surface area contributed by atoms with Gasteiger partial charge in [-0.2, -0.15) is 0 Å².